The van der Waals surface area contributed by atoms with Crippen LogP contribution in [-0.4, -0.2) is 39.1 Å². The fourth-order valence-corrected chi connectivity index (χ4v) is 3.07. The Hall–Kier alpha value is -1.93. The van der Waals surface area contributed by atoms with E-state index in [0.717, 1.165) is 6.07 Å². The Labute approximate surface area is 123 Å². The van der Waals surface area contributed by atoms with Gasteiger partial charge in [-0.2, -0.15) is 0 Å². The van der Waals surface area contributed by atoms with Gasteiger partial charge in [0.05, 0.1) is 24.0 Å². The summed E-state index contributed by atoms with van der Waals surface area (Å²) in [5.74, 6) is -1.74. The van der Waals surface area contributed by atoms with E-state index < -0.39 is 22.0 Å². The zero-order valence-corrected chi connectivity index (χ0v) is 12.8. The van der Waals surface area contributed by atoms with Gasteiger partial charge in [-0.05, 0) is 37.1 Å². The molecule has 0 bridgehead atoms. The largest absolute Gasteiger partial charge is 0.478 e. The Morgan fingerprint density at radius 1 is 1.29 bits per heavy atom. The van der Waals surface area contributed by atoms with Gasteiger partial charge >= 0.3 is 11.9 Å². The number of esters is 1. The first-order valence-corrected chi connectivity index (χ1v) is 7.58. The lowest BCUT2D eigenvalue weighted by Gasteiger charge is -2.12. The van der Waals surface area contributed by atoms with Crippen molar-refractivity contribution in [1.82, 2.24) is 4.72 Å². The summed E-state index contributed by atoms with van der Waals surface area (Å²) in [6.45, 7) is 3.11. The highest BCUT2D eigenvalue weighted by Gasteiger charge is 2.20. The quantitative estimate of drug-likeness (QED) is 0.753. The number of aryl methyl sites for hydroxylation is 1. The number of carboxylic acid groups (broad SMARTS) is 1. The molecule has 0 spiro atoms. The van der Waals surface area contributed by atoms with Crippen molar-refractivity contribution >= 4 is 22.0 Å². The number of ether oxygens (including phenoxy) is 1. The Bertz CT molecular complexity index is 665. The van der Waals surface area contributed by atoms with Gasteiger partial charge in [-0.15, -0.1) is 0 Å². The number of rotatable bonds is 6. The van der Waals surface area contributed by atoms with E-state index in [1.54, 1.807) is 13.8 Å². The van der Waals surface area contributed by atoms with Crippen molar-refractivity contribution in [3.63, 3.8) is 0 Å². The Morgan fingerprint density at radius 2 is 1.90 bits per heavy atom. The molecule has 0 fully saturated rings. The number of sulfonamides is 1. The topological polar surface area (TPSA) is 110 Å². The summed E-state index contributed by atoms with van der Waals surface area (Å²) in [5, 5.41) is 8.99. The summed E-state index contributed by atoms with van der Waals surface area (Å²) in [7, 11) is -2.69. The lowest BCUT2D eigenvalue weighted by Crippen LogP contribution is -2.27. The molecule has 0 amide bonds. The van der Waals surface area contributed by atoms with Crippen molar-refractivity contribution in [3.8, 4) is 0 Å². The molecule has 0 atom stereocenters. The molecule has 8 heteroatoms. The summed E-state index contributed by atoms with van der Waals surface area (Å²) in [6, 6.07) is 2.51. The second kappa shape index (κ2) is 6.68. The zero-order valence-electron chi connectivity index (χ0n) is 12.0. The predicted octanol–water partition coefficient (Wildman–Crippen LogP) is 0.843. The smallest absolute Gasteiger partial charge is 0.335 e. The standard InChI is InChI=1S/C13H17NO6S/c1-8-6-10(13(16)17)7-11(9(8)2)21(18,19)14-5-4-12(15)20-3/h6-7,14H,4-5H2,1-3H3,(H,16,17). The molecule has 21 heavy (non-hydrogen) atoms. The van der Waals surface area contributed by atoms with E-state index in [-0.39, 0.29) is 23.4 Å². The van der Waals surface area contributed by atoms with Gasteiger partial charge in [-0.25, -0.2) is 17.9 Å². The predicted molar refractivity (Wildman–Crippen MR) is 74.7 cm³/mol. The van der Waals surface area contributed by atoms with Crippen molar-refractivity contribution < 1.29 is 27.9 Å². The minimum Gasteiger partial charge on any atom is -0.478 e. The SMILES string of the molecule is COC(=O)CCNS(=O)(=O)c1cc(C(=O)O)cc(C)c1C. The molecule has 0 saturated carbocycles. The van der Waals surface area contributed by atoms with Gasteiger partial charge in [0.1, 0.15) is 0 Å². The molecule has 7 nitrogen and oxygen atoms in total. The van der Waals surface area contributed by atoms with Crippen LogP contribution in [0.4, 0.5) is 0 Å². The molecule has 0 saturated heterocycles. The Kier molecular flexibility index (Phi) is 5.45. The van der Waals surface area contributed by atoms with Crippen LogP contribution in [0.1, 0.15) is 27.9 Å². The average molecular weight is 315 g/mol. The van der Waals surface area contributed by atoms with Crippen LogP contribution in [0.5, 0.6) is 0 Å². The number of hydrogen-bond acceptors (Lipinski definition) is 5. The molecule has 1 aromatic rings. The van der Waals surface area contributed by atoms with Crippen molar-refractivity contribution in [2.45, 2.75) is 25.2 Å². The molecule has 0 unspecified atom stereocenters. The number of benzene rings is 1. The van der Waals surface area contributed by atoms with Gasteiger partial charge in [0.15, 0.2) is 0 Å². The number of nitrogens with one attached hydrogen (secondary N) is 1. The van der Waals surface area contributed by atoms with E-state index in [1.807, 2.05) is 0 Å². The van der Waals surface area contributed by atoms with Crippen molar-refractivity contribution in [1.29, 1.82) is 0 Å². The molecule has 116 valence electrons. The highest BCUT2D eigenvalue weighted by Crippen LogP contribution is 2.21. The zero-order chi connectivity index (χ0) is 16.2. The van der Waals surface area contributed by atoms with Gasteiger partial charge in [0.25, 0.3) is 0 Å². The first-order valence-electron chi connectivity index (χ1n) is 6.10. The van der Waals surface area contributed by atoms with E-state index in [1.165, 1.54) is 13.2 Å². The third-order valence-corrected chi connectivity index (χ3v) is 4.59. The van der Waals surface area contributed by atoms with Gasteiger partial charge in [-0.1, -0.05) is 0 Å². The molecule has 0 aliphatic heterocycles. The number of aromatic carboxylic acids is 1. The van der Waals surface area contributed by atoms with Gasteiger partial charge in [-0.3, -0.25) is 4.79 Å². The summed E-state index contributed by atoms with van der Waals surface area (Å²) in [6.07, 6.45) is -0.105. The first kappa shape index (κ1) is 17.1. The minimum absolute atomic E-state index is 0.105. The van der Waals surface area contributed by atoms with E-state index in [9.17, 15) is 18.0 Å². The monoisotopic (exact) mass is 315 g/mol. The van der Waals surface area contributed by atoms with E-state index >= 15 is 0 Å². The second-order valence-electron chi connectivity index (χ2n) is 4.45. The first-order chi connectivity index (χ1) is 9.69. The van der Waals surface area contributed by atoms with Gasteiger partial charge in [0, 0.05) is 6.54 Å². The number of hydrogen-bond donors (Lipinski definition) is 2. The summed E-state index contributed by atoms with van der Waals surface area (Å²) in [5.41, 5.74) is 0.917. The lowest BCUT2D eigenvalue weighted by atomic mass is 10.1. The van der Waals surface area contributed by atoms with Crippen LogP contribution in [0.25, 0.3) is 0 Å². The van der Waals surface area contributed by atoms with Crippen LogP contribution in [0.2, 0.25) is 0 Å². The molecule has 0 aliphatic rings. The molecular weight excluding hydrogens is 298 g/mol. The van der Waals surface area contributed by atoms with Gasteiger partial charge < -0.3 is 9.84 Å². The third kappa shape index (κ3) is 4.27. The van der Waals surface area contributed by atoms with Gasteiger partial charge in [0.2, 0.25) is 10.0 Å². The van der Waals surface area contributed by atoms with E-state index in [4.69, 9.17) is 5.11 Å². The van der Waals surface area contributed by atoms with Crippen molar-refractivity contribution in [2.24, 2.45) is 0 Å². The maximum atomic E-state index is 12.2. The molecule has 2 N–H and O–H groups in total. The highest BCUT2D eigenvalue weighted by molar-refractivity contribution is 7.89. The minimum atomic E-state index is -3.89. The van der Waals surface area contributed by atoms with Crippen LogP contribution in [0.15, 0.2) is 17.0 Å². The molecule has 1 aromatic carbocycles. The average Bonchev–Trinajstić information content (AvgIpc) is 2.40. The Balaban J connectivity index is 3.07. The number of carboxylic acids is 1. The van der Waals surface area contributed by atoms with Crippen LogP contribution in [0, 0.1) is 13.8 Å². The van der Waals surface area contributed by atoms with Crippen LogP contribution < -0.4 is 4.72 Å². The number of carbonyl (C=O) groups is 2. The lowest BCUT2D eigenvalue weighted by molar-refractivity contribution is -0.140. The van der Waals surface area contributed by atoms with Crippen LogP contribution in [0.3, 0.4) is 0 Å². The highest BCUT2D eigenvalue weighted by atomic mass is 32.2. The number of carbonyl (C=O) groups excluding carboxylic acids is 1. The summed E-state index contributed by atoms with van der Waals surface area (Å²) < 4.78 is 31.1. The molecule has 0 aliphatic carbocycles. The number of methoxy groups -OCH3 is 1. The Morgan fingerprint density at radius 3 is 2.43 bits per heavy atom. The van der Waals surface area contributed by atoms with Crippen molar-refractivity contribution in [2.75, 3.05) is 13.7 Å². The van der Waals surface area contributed by atoms with Crippen LogP contribution in [-0.2, 0) is 19.6 Å². The van der Waals surface area contributed by atoms with Crippen LogP contribution >= 0.6 is 0 Å². The van der Waals surface area contributed by atoms with E-state index in [2.05, 4.69) is 9.46 Å². The molecule has 0 aromatic heterocycles. The summed E-state index contributed by atoms with van der Waals surface area (Å²) in [4.78, 5) is 21.9. The van der Waals surface area contributed by atoms with Crippen molar-refractivity contribution in [3.05, 3.63) is 28.8 Å². The molecule has 1 rings (SSSR count). The second-order valence-corrected chi connectivity index (χ2v) is 6.18. The third-order valence-electron chi connectivity index (χ3n) is 3.01. The fourth-order valence-electron chi connectivity index (χ4n) is 1.70. The maximum Gasteiger partial charge on any atom is 0.335 e. The normalized spacial score (nSPS) is 11.2. The fraction of sp³-hybridized carbons (Fsp3) is 0.385. The maximum absolute atomic E-state index is 12.2. The molecular formula is C13H17NO6S. The molecule has 0 heterocycles. The summed E-state index contributed by atoms with van der Waals surface area (Å²) >= 11 is 0. The van der Waals surface area contributed by atoms with E-state index in [0.29, 0.717) is 11.1 Å². The molecule has 0 radical (unpaired) electrons.